The highest BCUT2D eigenvalue weighted by Crippen LogP contribution is 2.33. The molecule has 0 aliphatic heterocycles. The number of hydrogen-bond acceptors (Lipinski definition) is 3. The predicted molar refractivity (Wildman–Crippen MR) is 82.6 cm³/mol. The van der Waals surface area contributed by atoms with E-state index in [1.54, 1.807) is 0 Å². The highest BCUT2D eigenvalue weighted by molar-refractivity contribution is 7.99. The van der Waals surface area contributed by atoms with Crippen LogP contribution in [0.4, 0.5) is 4.39 Å². The van der Waals surface area contributed by atoms with Crippen molar-refractivity contribution in [1.29, 1.82) is 0 Å². The topological polar surface area (TPSA) is 55.1 Å². The van der Waals surface area contributed by atoms with Crippen LogP contribution in [0.25, 0.3) is 11.0 Å². The van der Waals surface area contributed by atoms with Crippen LogP contribution in [0.15, 0.2) is 17.3 Å². The van der Waals surface area contributed by atoms with E-state index < -0.39 is 11.8 Å². The van der Waals surface area contributed by atoms with Gasteiger partial charge in [0.25, 0.3) is 0 Å². The number of thioether (sulfide) groups is 1. The van der Waals surface area contributed by atoms with Gasteiger partial charge in [-0.25, -0.2) is 9.37 Å². The molecule has 0 aliphatic rings. The smallest absolute Gasteiger partial charge is 0.313 e. The van der Waals surface area contributed by atoms with Crippen molar-refractivity contribution in [3.8, 4) is 0 Å². The third-order valence-electron chi connectivity index (χ3n) is 3.40. The Morgan fingerprint density at radius 1 is 1.48 bits per heavy atom. The Labute approximate surface area is 131 Å². The van der Waals surface area contributed by atoms with Crippen LogP contribution >= 0.6 is 23.4 Å². The van der Waals surface area contributed by atoms with Gasteiger partial charge in [-0.2, -0.15) is 0 Å². The van der Waals surface area contributed by atoms with Crippen LogP contribution in [0, 0.1) is 11.7 Å². The van der Waals surface area contributed by atoms with E-state index in [9.17, 15) is 9.18 Å². The number of aromatic nitrogens is 2. The van der Waals surface area contributed by atoms with E-state index in [0.717, 1.165) is 11.8 Å². The number of hydrogen-bond donors (Lipinski definition) is 1. The van der Waals surface area contributed by atoms with Crippen LogP contribution in [0.2, 0.25) is 5.02 Å². The third-order valence-corrected chi connectivity index (χ3v) is 4.62. The molecule has 1 aromatic carbocycles. The molecule has 0 radical (unpaired) electrons. The van der Waals surface area contributed by atoms with Crippen LogP contribution in [0.5, 0.6) is 0 Å². The van der Waals surface area contributed by atoms with Gasteiger partial charge < -0.3 is 9.67 Å². The van der Waals surface area contributed by atoms with Gasteiger partial charge in [0.05, 0.1) is 21.8 Å². The molecule has 4 nitrogen and oxygen atoms in total. The van der Waals surface area contributed by atoms with E-state index in [1.807, 2.05) is 11.5 Å². The fraction of sp³-hybridized carbons (Fsp3) is 0.429. The minimum atomic E-state index is -0.917. The molecule has 7 heteroatoms. The lowest BCUT2D eigenvalue weighted by molar-refractivity contribution is -0.133. The molecule has 0 spiro atoms. The molecule has 2 aromatic rings. The van der Waals surface area contributed by atoms with Gasteiger partial charge in [-0.15, -0.1) is 0 Å². The van der Waals surface area contributed by atoms with Crippen molar-refractivity contribution >= 4 is 40.4 Å². The SMILES string of the molecule is CC(C)C(C)n1c(SCC(=O)O)nc2cc(Cl)c(F)cc21. The Balaban J connectivity index is 2.59. The summed E-state index contributed by atoms with van der Waals surface area (Å²) in [5.74, 6) is -1.22. The summed E-state index contributed by atoms with van der Waals surface area (Å²) < 4.78 is 15.6. The number of carboxylic acids is 1. The van der Waals surface area contributed by atoms with E-state index >= 15 is 0 Å². The van der Waals surface area contributed by atoms with E-state index in [1.165, 1.54) is 12.1 Å². The number of nitrogens with zero attached hydrogens (tertiary/aromatic N) is 2. The van der Waals surface area contributed by atoms with E-state index in [4.69, 9.17) is 16.7 Å². The molecule has 1 N–H and O–H groups in total. The molecule has 0 bridgehead atoms. The average molecular weight is 331 g/mol. The van der Waals surface area contributed by atoms with Gasteiger partial charge in [0, 0.05) is 12.1 Å². The summed E-state index contributed by atoms with van der Waals surface area (Å²) in [6.07, 6.45) is 0. The molecule has 1 heterocycles. The highest BCUT2D eigenvalue weighted by Gasteiger charge is 2.20. The lowest BCUT2D eigenvalue weighted by Crippen LogP contribution is -2.13. The quantitative estimate of drug-likeness (QED) is 0.834. The van der Waals surface area contributed by atoms with Crippen LogP contribution in [-0.2, 0) is 4.79 Å². The van der Waals surface area contributed by atoms with Gasteiger partial charge in [0.1, 0.15) is 5.82 Å². The first-order valence-electron chi connectivity index (χ1n) is 6.52. The zero-order valence-electron chi connectivity index (χ0n) is 11.9. The number of rotatable bonds is 5. The largest absolute Gasteiger partial charge is 0.481 e. The maximum atomic E-state index is 13.7. The number of halogens is 2. The second-order valence-electron chi connectivity index (χ2n) is 5.19. The molecule has 1 atom stereocenters. The van der Waals surface area contributed by atoms with Crippen LogP contribution in [0.3, 0.4) is 0 Å². The van der Waals surface area contributed by atoms with Crippen molar-refractivity contribution in [2.75, 3.05) is 5.75 Å². The molecule has 2 rings (SSSR count). The average Bonchev–Trinajstić information content (AvgIpc) is 2.73. The van der Waals surface area contributed by atoms with Crippen molar-refractivity contribution in [3.63, 3.8) is 0 Å². The normalized spacial score (nSPS) is 13.0. The van der Waals surface area contributed by atoms with E-state index in [-0.39, 0.29) is 16.8 Å². The molecule has 0 saturated heterocycles. The standard InChI is InChI=1S/C14H16ClFN2O2S/c1-7(2)8(3)18-12-5-10(16)9(15)4-11(12)17-14(18)21-6-13(19)20/h4-5,7-8H,6H2,1-3H3,(H,19,20). The Bertz CT molecular complexity index is 687. The minimum Gasteiger partial charge on any atom is -0.481 e. The maximum Gasteiger partial charge on any atom is 0.313 e. The zero-order chi connectivity index (χ0) is 15.7. The van der Waals surface area contributed by atoms with Gasteiger partial charge in [-0.05, 0) is 18.9 Å². The summed E-state index contributed by atoms with van der Waals surface area (Å²) in [5, 5.41) is 9.42. The van der Waals surface area contributed by atoms with Crippen molar-refractivity contribution in [2.45, 2.75) is 32.0 Å². The van der Waals surface area contributed by atoms with Crippen molar-refractivity contribution in [3.05, 3.63) is 23.0 Å². The molecule has 114 valence electrons. The molecule has 21 heavy (non-hydrogen) atoms. The number of carboxylic acid groups (broad SMARTS) is 1. The second-order valence-corrected chi connectivity index (χ2v) is 6.54. The highest BCUT2D eigenvalue weighted by atomic mass is 35.5. The molecule has 1 unspecified atom stereocenters. The first-order valence-corrected chi connectivity index (χ1v) is 7.89. The lowest BCUT2D eigenvalue weighted by Gasteiger charge is -2.20. The minimum absolute atomic E-state index is 0.0131. The van der Waals surface area contributed by atoms with Crippen molar-refractivity contribution in [2.24, 2.45) is 5.92 Å². The van der Waals surface area contributed by atoms with Gasteiger partial charge >= 0.3 is 5.97 Å². The summed E-state index contributed by atoms with van der Waals surface area (Å²) in [6.45, 7) is 6.10. The van der Waals surface area contributed by atoms with E-state index in [0.29, 0.717) is 22.1 Å². The number of aliphatic carboxylic acids is 1. The van der Waals surface area contributed by atoms with Crippen molar-refractivity contribution in [1.82, 2.24) is 9.55 Å². The van der Waals surface area contributed by atoms with Gasteiger partial charge in [0.2, 0.25) is 0 Å². The van der Waals surface area contributed by atoms with Crippen LogP contribution in [-0.4, -0.2) is 26.4 Å². The monoisotopic (exact) mass is 330 g/mol. The van der Waals surface area contributed by atoms with Crippen LogP contribution < -0.4 is 0 Å². The predicted octanol–water partition coefficient (Wildman–Crippen LogP) is 4.22. The molecule has 0 amide bonds. The number of fused-ring (bicyclic) bond motifs is 1. The second kappa shape index (κ2) is 6.23. The Kier molecular flexibility index (Phi) is 4.78. The Hall–Kier alpha value is -1.27. The zero-order valence-corrected chi connectivity index (χ0v) is 13.5. The summed E-state index contributed by atoms with van der Waals surface area (Å²) >= 11 is 6.92. The first-order chi connectivity index (χ1) is 9.81. The molecular weight excluding hydrogens is 315 g/mol. The molecule has 0 saturated carbocycles. The Morgan fingerprint density at radius 2 is 2.14 bits per heavy atom. The summed E-state index contributed by atoms with van der Waals surface area (Å²) in [7, 11) is 0. The molecule has 0 aliphatic carbocycles. The third kappa shape index (κ3) is 3.32. The van der Waals surface area contributed by atoms with E-state index in [2.05, 4.69) is 18.8 Å². The first kappa shape index (κ1) is 16.1. The summed E-state index contributed by atoms with van der Waals surface area (Å²) in [6, 6.07) is 2.89. The fourth-order valence-electron chi connectivity index (χ4n) is 1.99. The lowest BCUT2D eigenvalue weighted by atomic mass is 10.1. The van der Waals surface area contributed by atoms with Gasteiger partial charge in [-0.1, -0.05) is 37.2 Å². The number of imidazole rings is 1. The fourth-order valence-corrected chi connectivity index (χ4v) is 2.97. The summed E-state index contributed by atoms with van der Waals surface area (Å²) in [5.41, 5.74) is 1.20. The van der Waals surface area contributed by atoms with Gasteiger partial charge in [0.15, 0.2) is 5.16 Å². The Morgan fingerprint density at radius 3 is 2.71 bits per heavy atom. The molecule has 1 aromatic heterocycles. The maximum absolute atomic E-state index is 13.7. The molecular formula is C14H16ClFN2O2S. The van der Waals surface area contributed by atoms with Gasteiger partial charge in [-0.3, -0.25) is 4.79 Å². The number of benzene rings is 1. The number of carbonyl (C=O) groups is 1. The molecule has 0 fully saturated rings. The summed E-state index contributed by atoms with van der Waals surface area (Å²) in [4.78, 5) is 15.2. The van der Waals surface area contributed by atoms with Crippen LogP contribution in [0.1, 0.15) is 26.8 Å². The van der Waals surface area contributed by atoms with Crippen molar-refractivity contribution < 1.29 is 14.3 Å².